The molecule has 0 amide bonds. The summed E-state index contributed by atoms with van der Waals surface area (Å²) in [5.41, 5.74) is 1.83. The third-order valence-corrected chi connectivity index (χ3v) is 4.18. The Kier molecular flexibility index (Phi) is 3.42. The second-order valence-corrected chi connectivity index (χ2v) is 5.62. The molecule has 0 saturated carbocycles. The third kappa shape index (κ3) is 2.17. The lowest BCUT2D eigenvalue weighted by Gasteiger charge is -2.03. The highest BCUT2D eigenvalue weighted by atomic mass is 35.5. The molecular formula is C15H11ClN2OS. The van der Waals surface area contributed by atoms with E-state index in [1.54, 1.807) is 17.0 Å². The Morgan fingerprint density at radius 1 is 1.35 bits per heavy atom. The van der Waals surface area contributed by atoms with Crippen LogP contribution >= 0.6 is 22.9 Å². The predicted octanol–water partition coefficient (Wildman–Crippen LogP) is 3.96. The van der Waals surface area contributed by atoms with E-state index in [2.05, 4.69) is 11.6 Å². The molecule has 0 unspecified atom stereocenters. The lowest BCUT2D eigenvalue weighted by molar-refractivity contribution is 0.769. The first-order valence-corrected chi connectivity index (χ1v) is 7.30. The largest absolute Gasteiger partial charge is 0.295 e. The molecule has 0 aliphatic rings. The number of fused-ring (bicyclic) bond motifs is 1. The molecular weight excluding hydrogens is 292 g/mol. The maximum atomic E-state index is 12.5. The highest BCUT2D eigenvalue weighted by molar-refractivity contribution is 7.17. The van der Waals surface area contributed by atoms with Crippen molar-refractivity contribution in [3.05, 3.63) is 64.0 Å². The van der Waals surface area contributed by atoms with E-state index in [9.17, 15) is 4.79 Å². The number of hydrogen-bond acceptors (Lipinski definition) is 3. The van der Waals surface area contributed by atoms with Gasteiger partial charge in [0.2, 0.25) is 0 Å². The Hall–Kier alpha value is -1.91. The zero-order chi connectivity index (χ0) is 14.1. The molecule has 0 saturated heterocycles. The molecule has 0 aliphatic carbocycles. The molecule has 20 heavy (non-hydrogen) atoms. The third-order valence-electron chi connectivity index (χ3n) is 3.04. The Balaban J connectivity index is 2.26. The van der Waals surface area contributed by atoms with Gasteiger partial charge in [-0.05, 0) is 17.7 Å². The summed E-state index contributed by atoms with van der Waals surface area (Å²) in [5.74, 6) is 0. The molecule has 3 nitrogen and oxygen atoms in total. The van der Waals surface area contributed by atoms with Crippen molar-refractivity contribution in [2.24, 2.45) is 0 Å². The van der Waals surface area contributed by atoms with Crippen LogP contribution in [0.15, 0.2) is 53.4 Å². The van der Waals surface area contributed by atoms with Gasteiger partial charge in [0.15, 0.2) is 0 Å². The van der Waals surface area contributed by atoms with Crippen LogP contribution in [0.5, 0.6) is 0 Å². The zero-order valence-electron chi connectivity index (χ0n) is 10.5. The Morgan fingerprint density at radius 2 is 2.10 bits per heavy atom. The SMILES string of the molecule is C=CCn1cnc2scc(-c3ccc(Cl)cc3)c2c1=O. The molecule has 3 aromatic rings. The molecule has 100 valence electrons. The van der Waals surface area contributed by atoms with Gasteiger partial charge < -0.3 is 0 Å². The molecule has 0 radical (unpaired) electrons. The fourth-order valence-electron chi connectivity index (χ4n) is 2.08. The molecule has 0 spiro atoms. The minimum Gasteiger partial charge on any atom is -0.295 e. The summed E-state index contributed by atoms with van der Waals surface area (Å²) in [6.07, 6.45) is 3.25. The Labute approximate surface area is 124 Å². The molecule has 0 N–H and O–H groups in total. The van der Waals surface area contributed by atoms with E-state index in [1.165, 1.54) is 11.3 Å². The summed E-state index contributed by atoms with van der Waals surface area (Å²) in [7, 11) is 0. The fourth-order valence-corrected chi connectivity index (χ4v) is 3.11. The minimum absolute atomic E-state index is 0.0406. The van der Waals surface area contributed by atoms with Gasteiger partial charge in [-0.15, -0.1) is 17.9 Å². The van der Waals surface area contributed by atoms with Crippen LogP contribution in [-0.4, -0.2) is 9.55 Å². The predicted molar refractivity (Wildman–Crippen MR) is 84.5 cm³/mol. The molecule has 0 bridgehead atoms. The molecule has 5 heteroatoms. The highest BCUT2D eigenvalue weighted by Crippen LogP contribution is 2.31. The number of allylic oxidation sites excluding steroid dienone is 1. The second-order valence-electron chi connectivity index (χ2n) is 4.33. The van der Waals surface area contributed by atoms with Gasteiger partial charge in [-0.3, -0.25) is 9.36 Å². The maximum absolute atomic E-state index is 12.5. The quantitative estimate of drug-likeness (QED) is 0.686. The van der Waals surface area contributed by atoms with Crippen LogP contribution in [-0.2, 0) is 6.54 Å². The van der Waals surface area contributed by atoms with Crippen molar-refractivity contribution >= 4 is 33.2 Å². The number of thiophene rings is 1. The lowest BCUT2D eigenvalue weighted by Crippen LogP contribution is -2.19. The Bertz CT molecular complexity index is 833. The van der Waals surface area contributed by atoms with E-state index >= 15 is 0 Å². The number of rotatable bonds is 3. The number of hydrogen-bond donors (Lipinski definition) is 0. The first-order valence-electron chi connectivity index (χ1n) is 6.04. The van der Waals surface area contributed by atoms with Crippen LogP contribution in [0, 0.1) is 0 Å². The van der Waals surface area contributed by atoms with Crippen molar-refractivity contribution in [3.63, 3.8) is 0 Å². The average molecular weight is 303 g/mol. The topological polar surface area (TPSA) is 34.9 Å². The lowest BCUT2D eigenvalue weighted by atomic mass is 10.1. The van der Waals surface area contributed by atoms with Gasteiger partial charge in [-0.1, -0.05) is 29.8 Å². The van der Waals surface area contributed by atoms with Crippen molar-refractivity contribution in [1.82, 2.24) is 9.55 Å². The maximum Gasteiger partial charge on any atom is 0.262 e. The molecule has 2 heterocycles. The molecule has 0 fully saturated rings. The van der Waals surface area contributed by atoms with Crippen molar-refractivity contribution in [3.8, 4) is 11.1 Å². The van der Waals surface area contributed by atoms with Gasteiger partial charge in [0.1, 0.15) is 4.83 Å². The van der Waals surface area contributed by atoms with Crippen molar-refractivity contribution in [2.75, 3.05) is 0 Å². The van der Waals surface area contributed by atoms with Gasteiger partial charge in [0.25, 0.3) is 5.56 Å². The number of halogens is 1. The summed E-state index contributed by atoms with van der Waals surface area (Å²) in [6, 6.07) is 7.46. The van der Waals surface area contributed by atoms with E-state index in [1.807, 2.05) is 29.6 Å². The summed E-state index contributed by atoms with van der Waals surface area (Å²) in [5, 5.41) is 3.29. The van der Waals surface area contributed by atoms with Gasteiger partial charge in [0, 0.05) is 22.5 Å². The van der Waals surface area contributed by atoms with Crippen molar-refractivity contribution in [1.29, 1.82) is 0 Å². The van der Waals surface area contributed by atoms with Crippen molar-refractivity contribution < 1.29 is 0 Å². The van der Waals surface area contributed by atoms with E-state index in [-0.39, 0.29) is 5.56 Å². The van der Waals surface area contributed by atoms with Crippen LogP contribution in [0.4, 0.5) is 0 Å². The standard InChI is InChI=1S/C15H11ClN2OS/c1-2-7-18-9-17-14-13(15(18)19)12(8-20-14)10-3-5-11(16)6-4-10/h2-6,8-9H,1,7H2. The van der Waals surface area contributed by atoms with Gasteiger partial charge >= 0.3 is 0 Å². The normalized spacial score (nSPS) is 10.8. The van der Waals surface area contributed by atoms with E-state index in [0.29, 0.717) is 17.0 Å². The molecule has 2 aromatic heterocycles. The number of nitrogens with zero attached hydrogens (tertiary/aromatic N) is 2. The number of benzene rings is 1. The first kappa shape index (κ1) is 13.1. The summed E-state index contributed by atoms with van der Waals surface area (Å²) in [6.45, 7) is 4.11. The fraction of sp³-hybridized carbons (Fsp3) is 0.0667. The van der Waals surface area contributed by atoms with E-state index in [0.717, 1.165) is 16.0 Å². The molecule has 0 aliphatic heterocycles. The summed E-state index contributed by atoms with van der Waals surface area (Å²) >= 11 is 7.37. The van der Waals surface area contributed by atoms with Gasteiger partial charge in [-0.25, -0.2) is 4.98 Å². The summed E-state index contributed by atoms with van der Waals surface area (Å²) in [4.78, 5) is 17.6. The van der Waals surface area contributed by atoms with E-state index < -0.39 is 0 Å². The smallest absolute Gasteiger partial charge is 0.262 e. The van der Waals surface area contributed by atoms with Gasteiger partial charge in [-0.2, -0.15) is 0 Å². The van der Waals surface area contributed by atoms with Crippen LogP contribution in [0.1, 0.15) is 0 Å². The molecule has 3 rings (SSSR count). The van der Waals surface area contributed by atoms with Crippen molar-refractivity contribution in [2.45, 2.75) is 6.54 Å². The Morgan fingerprint density at radius 3 is 2.80 bits per heavy atom. The van der Waals surface area contributed by atoms with Gasteiger partial charge in [0.05, 0.1) is 11.7 Å². The zero-order valence-corrected chi connectivity index (χ0v) is 12.1. The number of aromatic nitrogens is 2. The molecule has 0 atom stereocenters. The van der Waals surface area contributed by atoms with Crippen LogP contribution in [0.3, 0.4) is 0 Å². The highest BCUT2D eigenvalue weighted by Gasteiger charge is 2.12. The van der Waals surface area contributed by atoms with Crippen LogP contribution in [0.25, 0.3) is 21.3 Å². The monoisotopic (exact) mass is 302 g/mol. The van der Waals surface area contributed by atoms with Crippen LogP contribution in [0.2, 0.25) is 5.02 Å². The summed E-state index contributed by atoms with van der Waals surface area (Å²) < 4.78 is 1.56. The van der Waals surface area contributed by atoms with Crippen LogP contribution < -0.4 is 5.56 Å². The van der Waals surface area contributed by atoms with E-state index in [4.69, 9.17) is 11.6 Å². The first-order chi connectivity index (χ1) is 9.70. The minimum atomic E-state index is -0.0406. The second kappa shape index (κ2) is 5.23. The molecule has 1 aromatic carbocycles. The average Bonchev–Trinajstić information content (AvgIpc) is 2.88.